The molecule has 3 heteroatoms. The summed E-state index contributed by atoms with van der Waals surface area (Å²) in [5.74, 6) is 1.22. The van der Waals surface area contributed by atoms with Crippen LogP contribution < -0.4 is 4.31 Å². The van der Waals surface area contributed by atoms with Crippen LogP contribution in [0.2, 0.25) is 0 Å². The zero-order chi connectivity index (χ0) is 11.8. The van der Waals surface area contributed by atoms with E-state index in [1.54, 1.807) is 0 Å². The van der Waals surface area contributed by atoms with Crippen LogP contribution in [0, 0.1) is 5.92 Å². The fraction of sp³-hybridized carbons (Fsp3) is 0.286. The summed E-state index contributed by atoms with van der Waals surface area (Å²) < 4.78 is 2.37. The van der Waals surface area contributed by atoms with E-state index >= 15 is 0 Å². The lowest BCUT2D eigenvalue weighted by atomic mass is 10.1. The predicted octanol–water partition coefficient (Wildman–Crippen LogP) is 4.54. The van der Waals surface area contributed by atoms with E-state index in [-0.39, 0.29) is 0 Å². The number of hydrogen-bond acceptors (Lipinski definition) is 2. The van der Waals surface area contributed by atoms with Crippen LogP contribution in [0.4, 0.5) is 5.69 Å². The maximum Gasteiger partial charge on any atom is 0.0563 e. The van der Waals surface area contributed by atoms with E-state index in [1.807, 2.05) is 11.9 Å². The average molecular weight is 264 g/mol. The molecule has 1 aliphatic heterocycles. The van der Waals surface area contributed by atoms with Crippen LogP contribution in [0.1, 0.15) is 6.92 Å². The smallest absolute Gasteiger partial charge is 0.0563 e. The Hall–Kier alpha value is -0.860. The number of benzene rings is 2. The fourth-order valence-corrected chi connectivity index (χ4v) is 3.57. The minimum atomic E-state index is 0.508. The van der Waals surface area contributed by atoms with E-state index < -0.39 is 0 Å². The third-order valence-electron chi connectivity index (χ3n) is 3.06. The van der Waals surface area contributed by atoms with Gasteiger partial charge in [0.15, 0.2) is 0 Å². The molecule has 1 unspecified atom stereocenters. The van der Waals surface area contributed by atoms with E-state index in [1.165, 1.54) is 21.4 Å². The number of alkyl halides is 1. The lowest BCUT2D eigenvalue weighted by Gasteiger charge is -2.20. The molecule has 1 nitrogen and oxygen atoms in total. The third kappa shape index (κ3) is 1.90. The van der Waals surface area contributed by atoms with E-state index in [4.69, 9.17) is 11.6 Å². The number of nitrogens with zero attached hydrogens (tertiary/aromatic N) is 1. The molecule has 0 aromatic heterocycles. The molecule has 0 fully saturated rings. The van der Waals surface area contributed by atoms with Crippen molar-refractivity contribution in [2.75, 3.05) is 16.7 Å². The lowest BCUT2D eigenvalue weighted by Crippen LogP contribution is -2.20. The number of anilines is 1. The molecule has 0 radical (unpaired) electrons. The number of rotatable bonds is 3. The summed E-state index contributed by atoms with van der Waals surface area (Å²) in [6, 6.07) is 13.0. The van der Waals surface area contributed by atoms with Gasteiger partial charge in [0, 0.05) is 22.7 Å². The minimum absolute atomic E-state index is 0.508. The standard InChI is InChI=1S/C14H14ClNS/c1-10(8-15)9-16-12-6-2-4-11-5-3-7-13(17-16)14(11)12/h2-7,10H,8-9H2,1H3. The largest absolute Gasteiger partial charge is 0.311 e. The van der Waals surface area contributed by atoms with Crippen LogP contribution in [0.5, 0.6) is 0 Å². The molecule has 0 N–H and O–H groups in total. The van der Waals surface area contributed by atoms with Crippen molar-refractivity contribution in [2.45, 2.75) is 11.8 Å². The Balaban J connectivity index is 2.04. The van der Waals surface area contributed by atoms with Crippen LogP contribution >= 0.6 is 23.5 Å². The Morgan fingerprint density at radius 2 is 2.00 bits per heavy atom. The van der Waals surface area contributed by atoms with E-state index in [0.717, 1.165) is 6.54 Å². The topological polar surface area (TPSA) is 3.24 Å². The summed E-state index contributed by atoms with van der Waals surface area (Å²) in [6.07, 6.45) is 0. The van der Waals surface area contributed by atoms with E-state index in [0.29, 0.717) is 11.8 Å². The zero-order valence-electron chi connectivity index (χ0n) is 9.69. The first-order valence-electron chi connectivity index (χ1n) is 5.83. The summed E-state index contributed by atoms with van der Waals surface area (Å²) >= 11 is 7.74. The Bertz CT molecular complexity index is 550. The van der Waals surface area contributed by atoms with E-state index in [2.05, 4.69) is 47.6 Å². The number of hydrogen-bond donors (Lipinski definition) is 0. The molecule has 3 rings (SSSR count). The monoisotopic (exact) mass is 263 g/mol. The maximum absolute atomic E-state index is 5.91. The summed E-state index contributed by atoms with van der Waals surface area (Å²) in [7, 11) is 0. The Labute approximate surface area is 111 Å². The minimum Gasteiger partial charge on any atom is -0.311 e. The maximum atomic E-state index is 5.91. The third-order valence-corrected chi connectivity index (χ3v) is 4.69. The van der Waals surface area contributed by atoms with Gasteiger partial charge in [-0.25, -0.2) is 0 Å². The van der Waals surface area contributed by atoms with Crippen LogP contribution in [0.25, 0.3) is 10.8 Å². The van der Waals surface area contributed by atoms with Gasteiger partial charge in [-0.1, -0.05) is 31.2 Å². The van der Waals surface area contributed by atoms with Crippen molar-refractivity contribution in [3.8, 4) is 0 Å². The van der Waals surface area contributed by atoms with Gasteiger partial charge in [-0.05, 0) is 35.4 Å². The highest BCUT2D eigenvalue weighted by molar-refractivity contribution is 8.01. The molecule has 0 aliphatic carbocycles. The highest BCUT2D eigenvalue weighted by Crippen LogP contribution is 2.46. The van der Waals surface area contributed by atoms with Crippen LogP contribution in [-0.4, -0.2) is 12.4 Å². The Morgan fingerprint density at radius 1 is 1.24 bits per heavy atom. The average Bonchev–Trinajstić information content (AvgIpc) is 2.70. The molecule has 2 aromatic rings. The Kier molecular flexibility index (Phi) is 2.93. The first kappa shape index (κ1) is 11.2. The molecule has 0 amide bonds. The number of halogens is 1. The molecule has 0 spiro atoms. The summed E-state index contributed by atoms with van der Waals surface area (Å²) in [4.78, 5) is 1.36. The second-order valence-electron chi connectivity index (χ2n) is 4.54. The van der Waals surface area contributed by atoms with Crippen LogP contribution in [0.3, 0.4) is 0 Å². The Morgan fingerprint density at radius 3 is 2.76 bits per heavy atom. The van der Waals surface area contributed by atoms with E-state index in [9.17, 15) is 0 Å². The van der Waals surface area contributed by atoms with Gasteiger partial charge in [0.1, 0.15) is 0 Å². The van der Waals surface area contributed by atoms with Crippen molar-refractivity contribution < 1.29 is 0 Å². The van der Waals surface area contributed by atoms with Gasteiger partial charge in [-0.3, -0.25) is 0 Å². The van der Waals surface area contributed by atoms with Gasteiger partial charge in [-0.15, -0.1) is 11.6 Å². The first-order valence-corrected chi connectivity index (χ1v) is 7.13. The molecule has 17 heavy (non-hydrogen) atoms. The second kappa shape index (κ2) is 4.43. The summed E-state index contributed by atoms with van der Waals surface area (Å²) in [6.45, 7) is 3.19. The quantitative estimate of drug-likeness (QED) is 0.591. The summed E-state index contributed by atoms with van der Waals surface area (Å²) in [5.41, 5.74) is 1.33. The molecule has 0 saturated carbocycles. The SMILES string of the molecule is CC(CCl)CN1Sc2cccc3cccc1c23. The normalized spacial score (nSPS) is 15.5. The molecular formula is C14H14ClNS. The van der Waals surface area contributed by atoms with Gasteiger partial charge in [0.05, 0.1) is 5.69 Å². The molecule has 88 valence electrons. The van der Waals surface area contributed by atoms with Crippen molar-refractivity contribution >= 4 is 40.0 Å². The van der Waals surface area contributed by atoms with Crippen molar-refractivity contribution in [3.05, 3.63) is 36.4 Å². The highest BCUT2D eigenvalue weighted by Gasteiger charge is 2.23. The molecular weight excluding hydrogens is 250 g/mol. The van der Waals surface area contributed by atoms with Gasteiger partial charge >= 0.3 is 0 Å². The molecule has 2 aromatic carbocycles. The highest BCUT2D eigenvalue weighted by atomic mass is 35.5. The van der Waals surface area contributed by atoms with Crippen molar-refractivity contribution in [1.29, 1.82) is 0 Å². The van der Waals surface area contributed by atoms with Crippen molar-refractivity contribution in [3.63, 3.8) is 0 Å². The van der Waals surface area contributed by atoms with Crippen LogP contribution in [-0.2, 0) is 0 Å². The van der Waals surface area contributed by atoms with Crippen molar-refractivity contribution in [1.82, 2.24) is 0 Å². The molecule has 1 heterocycles. The van der Waals surface area contributed by atoms with Gasteiger partial charge in [0.25, 0.3) is 0 Å². The van der Waals surface area contributed by atoms with Gasteiger partial charge in [0.2, 0.25) is 0 Å². The second-order valence-corrected chi connectivity index (χ2v) is 5.92. The molecule has 1 atom stereocenters. The van der Waals surface area contributed by atoms with Crippen molar-refractivity contribution in [2.24, 2.45) is 5.92 Å². The fourth-order valence-electron chi connectivity index (χ4n) is 2.21. The van der Waals surface area contributed by atoms with Crippen LogP contribution in [0.15, 0.2) is 41.3 Å². The lowest BCUT2D eigenvalue weighted by molar-refractivity contribution is 0.677. The predicted molar refractivity (Wildman–Crippen MR) is 77.0 cm³/mol. The molecule has 0 saturated heterocycles. The van der Waals surface area contributed by atoms with Gasteiger partial charge in [-0.2, -0.15) is 0 Å². The molecule has 1 aliphatic rings. The summed E-state index contributed by atoms with van der Waals surface area (Å²) in [5, 5.41) is 2.72. The zero-order valence-corrected chi connectivity index (χ0v) is 11.3. The van der Waals surface area contributed by atoms with Gasteiger partial charge < -0.3 is 4.31 Å². The first-order chi connectivity index (χ1) is 8.29. The molecule has 0 bridgehead atoms.